The zero-order chi connectivity index (χ0) is 16.3. The van der Waals surface area contributed by atoms with Gasteiger partial charge in [0.2, 0.25) is 10.0 Å². The molecule has 1 aliphatic rings. The Balaban J connectivity index is 0.00000264. The highest BCUT2D eigenvalue weighted by atomic mass is 35.5. The van der Waals surface area contributed by atoms with Crippen molar-refractivity contribution in [2.75, 3.05) is 27.2 Å². The monoisotopic (exact) mass is 382 g/mol. The number of carbonyl (C=O) groups excluding carboxylic acids is 1. The van der Waals surface area contributed by atoms with Crippen LogP contribution in [-0.4, -0.2) is 52.0 Å². The highest BCUT2D eigenvalue weighted by Crippen LogP contribution is 2.26. The molecule has 1 heterocycles. The van der Waals surface area contributed by atoms with E-state index in [4.69, 9.17) is 11.6 Å². The number of ether oxygens (including phenoxy) is 1. The summed E-state index contributed by atoms with van der Waals surface area (Å²) < 4.78 is 31.7. The number of hydrogen-bond acceptors (Lipinski definition) is 5. The van der Waals surface area contributed by atoms with Gasteiger partial charge >= 0.3 is 5.97 Å². The van der Waals surface area contributed by atoms with Gasteiger partial charge in [-0.2, -0.15) is 4.31 Å². The fraction of sp³-hybridized carbons (Fsp3) is 0.500. The molecule has 0 radical (unpaired) electrons. The van der Waals surface area contributed by atoms with Crippen molar-refractivity contribution in [2.24, 2.45) is 0 Å². The largest absolute Gasteiger partial charge is 0.465 e. The number of sulfonamides is 1. The number of halogens is 2. The minimum atomic E-state index is -3.80. The Morgan fingerprint density at radius 2 is 1.96 bits per heavy atom. The molecule has 23 heavy (non-hydrogen) atoms. The van der Waals surface area contributed by atoms with Gasteiger partial charge in [0.15, 0.2) is 0 Å². The van der Waals surface area contributed by atoms with Gasteiger partial charge in [-0.15, -0.1) is 12.4 Å². The van der Waals surface area contributed by atoms with Crippen LogP contribution in [0.4, 0.5) is 0 Å². The van der Waals surface area contributed by atoms with E-state index in [9.17, 15) is 13.2 Å². The molecular formula is C14H20Cl2N2O4S. The second-order valence-corrected chi connectivity index (χ2v) is 7.54. The lowest BCUT2D eigenvalue weighted by molar-refractivity contribution is 0.0596. The van der Waals surface area contributed by atoms with Crippen LogP contribution in [0.15, 0.2) is 23.1 Å². The lowest BCUT2D eigenvalue weighted by atomic mass is 10.1. The van der Waals surface area contributed by atoms with E-state index in [1.165, 1.54) is 29.6 Å². The number of nitrogens with one attached hydrogen (secondary N) is 1. The number of methoxy groups -OCH3 is 1. The number of hydrogen-bond donors (Lipinski definition) is 1. The lowest BCUT2D eigenvalue weighted by Crippen LogP contribution is -2.44. The Morgan fingerprint density at radius 3 is 2.52 bits per heavy atom. The first-order valence-electron chi connectivity index (χ1n) is 6.94. The van der Waals surface area contributed by atoms with Gasteiger partial charge in [0.05, 0.1) is 17.6 Å². The summed E-state index contributed by atoms with van der Waals surface area (Å²) in [4.78, 5) is 11.8. The highest BCUT2D eigenvalue weighted by Gasteiger charge is 2.32. The van der Waals surface area contributed by atoms with Gasteiger partial charge in [0, 0.05) is 18.1 Å². The molecular weight excluding hydrogens is 363 g/mol. The molecule has 1 fully saturated rings. The van der Waals surface area contributed by atoms with Crippen LogP contribution in [0.5, 0.6) is 0 Å². The molecule has 0 amide bonds. The highest BCUT2D eigenvalue weighted by molar-refractivity contribution is 7.89. The summed E-state index contributed by atoms with van der Waals surface area (Å²) in [6.07, 6.45) is 1.47. The predicted octanol–water partition coefficient (Wildman–Crippen LogP) is 1.92. The van der Waals surface area contributed by atoms with Crippen LogP contribution in [0.2, 0.25) is 5.02 Å². The molecule has 1 aromatic rings. The lowest BCUT2D eigenvalue weighted by Gasteiger charge is -2.31. The molecule has 0 aromatic heterocycles. The molecule has 0 bridgehead atoms. The number of rotatable bonds is 4. The zero-order valence-electron chi connectivity index (χ0n) is 12.9. The minimum Gasteiger partial charge on any atom is -0.465 e. The second-order valence-electron chi connectivity index (χ2n) is 5.13. The molecule has 130 valence electrons. The Bertz CT molecular complexity index is 661. The first-order chi connectivity index (χ1) is 10.4. The first kappa shape index (κ1) is 20.2. The fourth-order valence-electron chi connectivity index (χ4n) is 2.52. The number of nitrogens with zero attached hydrogens (tertiary/aromatic N) is 1. The number of esters is 1. The van der Waals surface area contributed by atoms with Gasteiger partial charge < -0.3 is 10.1 Å². The van der Waals surface area contributed by atoms with Crippen molar-refractivity contribution in [3.8, 4) is 0 Å². The molecule has 6 nitrogen and oxygen atoms in total. The van der Waals surface area contributed by atoms with Gasteiger partial charge in [0.1, 0.15) is 0 Å². The van der Waals surface area contributed by atoms with E-state index in [1.807, 2.05) is 0 Å². The van der Waals surface area contributed by atoms with Gasteiger partial charge in [-0.25, -0.2) is 13.2 Å². The summed E-state index contributed by atoms with van der Waals surface area (Å²) in [7, 11) is -1.05. The predicted molar refractivity (Wildman–Crippen MR) is 90.9 cm³/mol. The van der Waals surface area contributed by atoms with Crippen molar-refractivity contribution in [3.05, 3.63) is 28.8 Å². The van der Waals surface area contributed by atoms with Crippen LogP contribution in [-0.2, 0) is 14.8 Å². The van der Waals surface area contributed by atoms with Crippen molar-refractivity contribution in [3.63, 3.8) is 0 Å². The topological polar surface area (TPSA) is 75.7 Å². The Hall–Kier alpha value is -0.860. The molecule has 1 aliphatic heterocycles. The molecule has 1 saturated heterocycles. The van der Waals surface area contributed by atoms with Crippen LogP contribution in [0.25, 0.3) is 0 Å². The van der Waals surface area contributed by atoms with Crippen molar-refractivity contribution >= 4 is 40.0 Å². The average molecular weight is 383 g/mol. The molecule has 0 aliphatic carbocycles. The Morgan fingerprint density at radius 1 is 1.35 bits per heavy atom. The summed E-state index contributed by atoms with van der Waals surface area (Å²) in [5.74, 6) is -0.722. The summed E-state index contributed by atoms with van der Waals surface area (Å²) in [6, 6.07) is 4.03. The van der Waals surface area contributed by atoms with Gasteiger partial charge in [0.25, 0.3) is 0 Å². The van der Waals surface area contributed by atoms with Crippen LogP contribution in [0.1, 0.15) is 23.2 Å². The van der Waals surface area contributed by atoms with E-state index in [2.05, 4.69) is 10.1 Å². The Labute approximate surface area is 147 Å². The molecule has 0 atom stereocenters. The van der Waals surface area contributed by atoms with E-state index in [1.54, 1.807) is 7.05 Å². The van der Waals surface area contributed by atoms with Crippen LogP contribution in [0.3, 0.4) is 0 Å². The number of piperidine rings is 1. The second kappa shape index (κ2) is 8.30. The van der Waals surface area contributed by atoms with E-state index < -0.39 is 16.0 Å². The van der Waals surface area contributed by atoms with E-state index in [0.717, 1.165) is 25.9 Å². The normalized spacial score (nSPS) is 16.0. The smallest absolute Gasteiger partial charge is 0.339 e. The molecule has 1 aromatic carbocycles. The van der Waals surface area contributed by atoms with E-state index in [-0.39, 0.29) is 33.9 Å². The number of benzene rings is 1. The SMILES string of the molecule is COC(=O)c1cc(Cl)ccc1S(=O)(=O)N(C)C1CCNCC1.Cl. The molecule has 0 unspecified atom stereocenters. The maximum absolute atomic E-state index is 12.8. The average Bonchev–Trinajstić information content (AvgIpc) is 2.53. The third-order valence-corrected chi connectivity index (χ3v) is 6.03. The number of carbonyl (C=O) groups is 1. The van der Waals surface area contributed by atoms with Gasteiger partial charge in [-0.1, -0.05) is 11.6 Å². The molecule has 0 spiro atoms. The maximum Gasteiger partial charge on any atom is 0.339 e. The summed E-state index contributed by atoms with van der Waals surface area (Å²) >= 11 is 5.87. The third-order valence-electron chi connectivity index (χ3n) is 3.83. The minimum absolute atomic E-state index is 0. The van der Waals surface area contributed by atoms with Gasteiger partial charge in [-0.05, 0) is 44.1 Å². The summed E-state index contributed by atoms with van der Waals surface area (Å²) in [5.41, 5.74) is -0.0456. The fourth-order valence-corrected chi connectivity index (χ4v) is 4.26. The van der Waals surface area contributed by atoms with Crippen molar-refractivity contribution < 1.29 is 17.9 Å². The maximum atomic E-state index is 12.8. The standard InChI is InChI=1S/C14H19ClN2O4S.ClH/c1-17(11-5-7-16-8-6-11)22(19,20)13-4-3-10(15)9-12(13)14(18)21-2;/h3-4,9,11,16H,5-8H2,1-2H3;1H. The van der Waals surface area contributed by atoms with Crippen LogP contribution >= 0.6 is 24.0 Å². The van der Waals surface area contributed by atoms with Crippen molar-refractivity contribution in [1.82, 2.24) is 9.62 Å². The van der Waals surface area contributed by atoms with Crippen molar-refractivity contribution in [1.29, 1.82) is 0 Å². The van der Waals surface area contributed by atoms with E-state index in [0.29, 0.717) is 0 Å². The summed E-state index contributed by atoms with van der Waals surface area (Å²) in [6.45, 7) is 1.55. The van der Waals surface area contributed by atoms with E-state index >= 15 is 0 Å². The molecule has 9 heteroatoms. The van der Waals surface area contributed by atoms with Crippen LogP contribution < -0.4 is 5.32 Å². The van der Waals surface area contributed by atoms with Crippen LogP contribution in [0, 0.1) is 0 Å². The van der Waals surface area contributed by atoms with Crippen molar-refractivity contribution in [2.45, 2.75) is 23.8 Å². The quantitative estimate of drug-likeness (QED) is 0.805. The molecule has 1 N–H and O–H groups in total. The zero-order valence-corrected chi connectivity index (χ0v) is 15.3. The Kier molecular flexibility index (Phi) is 7.29. The van der Waals surface area contributed by atoms with Gasteiger partial charge in [-0.3, -0.25) is 0 Å². The third kappa shape index (κ3) is 4.36. The first-order valence-corrected chi connectivity index (χ1v) is 8.76. The molecule has 2 rings (SSSR count). The molecule has 0 saturated carbocycles. The summed E-state index contributed by atoms with van der Waals surface area (Å²) in [5, 5.41) is 3.48.